The molecule has 0 bridgehead atoms. The van der Waals surface area contributed by atoms with Crippen LogP contribution in [0.2, 0.25) is 0 Å². The molecule has 1 aliphatic rings. The Bertz CT molecular complexity index is 575. The lowest BCUT2D eigenvalue weighted by Crippen LogP contribution is -2.25. The fourth-order valence-corrected chi connectivity index (χ4v) is 2.02. The predicted octanol–water partition coefficient (Wildman–Crippen LogP) is 2.30. The standard InChI is InChI=1S/C14H17N3O2/c18-13(17-10-3-4-10)2-1-7-15-14-11-6-9-19-12(11)5-8-16-14/h5-6,8-10H,1-4,7H2,(H,15,16)(H,17,18). The first-order valence-corrected chi connectivity index (χ1v) is 6.68. The van der Waals surface area contributed by atoms with Crippen LogP contribution in [0.25, 0.3) is 11.0 Å². The minimum Gasteiger partial charge on any atom is -0.464 e. The first-order valence-electron chi connectivity index (χ1n) is 6.68. The van der Waals surface area contributed by atoms with E-state index in [4.69, 9.17) is 4.42 Å². The number of hydrogen-bond acceptors (Lipinski definition) is 4. The van der Waals surface area contributed by atoms with Gasteiger partial charge in [-0.15, -0.1) is 0 Å². The zero-order valence-electron chi connectivity index (χ0n) is 10.7. The Balaban J connectivity index is 1.46. The number of hydrogen-bond donors (Lipinski definition) is 2. The molecule has 100 valence electrons. The fraction of sp³-hybridized carbons (Fsp3) is 0.429. The molecule has 0 atom stereocenters. The molecular formula is C14H17N3O2. The minimum atomic E-state index is 0.152. The molecule has 2 heterocycles. The molecule has 1 fully saturated rings. The van der Waals surface area contributed by atoms with E-state index in [2.05, 4.69) is 15.6 Å². The van der Waals surface area contributed by atoms with Crippen molar-refractivity contribution in [2.24, 2.45) is 0 Å². The topological polar surface area (TPSA) is 67.2 Å². The zero-order chi connectivity index (χ0) is 13.1. The van der Waals surface area contributed by atoms with E-state index in [0.717, 1.165) is 42.6 Å². The van der Waals surface area contributed by atoms with Crippen molar-refractivity contribution in [2.75, 3.05) is 11.9 Å². The molecule has 5 nitrogen and oxygen atoms in total. The molecule has 1 amide bonds. The molecule has 5 heteroatoms. The van der Waals surface area contributed by atoms with Crippen molar-refractivity contribution in [2.45, 2.75) is 31.7 Å². The summed E-state index contributed by atoms with van der Waals surface area (Å²) in [6, 6.07) is 4.18. The summed E-state index contributed by atoms with van der Waals surface area (Å²) < 4.78 is 5.31. The van der Waals surface area contributed by atoms with E-state index in [-0.39, 0.29) is 5.91 Å². The van der Waals surface area contributed by atoms with Gasteiger partial charge in [0.05, 0.1) is 11.6 Å². The summed E-state index contributed by atoms with van der Waals surface area (Å²) >= 11 is 0. The quantitative estimate of drug-likeness (QED) is 0.781. The number of nitrogens with zero attached hydrogens (tertiary/aromatic N) is 1. The number of carbonyl (C=O) groups excluding carboxylic acids is 1. The SMILES string of the molecule is O=C(CCCNc1nccc2occc12)NC1CC1. The minimum absolute atomic E-state index is 0.152. The van der Waals surface area contributed by atoms with Gasteiger partial charge in [0.15, 0.2) is 0 Å². The van der Waals surface area contributed by atoms with Crippen LogP contribution < -0.4 is 10.6 Å². The highest BCUT2D eigenvalue weighted by atomic mass is 16.3. The van der Waals surface area contributed by atoms with Crippen LogP contribution in [0.4, 0.5) is 5.82 Å². The number of nitrogens with one attached hydrogen (secondary N) is 2. The summed E-state index contributed by atoms with van der Waals surface area (Å²) in [6.07, 6.45) is 7.00. The molecule has 1 saturated carbocycles. The van der Waals surface area contributed by atoms with E-state index in [1.54, 1.807) is 12.5 Å². The maximum atomic E-state index is 11.5. The van der Waals surface area contributed by atoms with Gasteiger partial charge in [0.25, 0.3) is 0 Å². The monoisotopic (exact) mass is 259 g/mol. The van der Waals surface area contributed by atoms with Crippen molar-refractivity contribution in [1.82, 2.24) is 10.3 Å². The van der Waals surface area contributed by atoms with Crippen LogP contribution >= 0.6 is 0 Å². The Morgan fingerprint density at radius 2 is 2.32 bits per heavy atom. The first-order chi connectivity index (χ1) is 9.33. The molecule has 19 heavy (non-hydrogen) atoms. The van der Waals surface area contributed by atoms with Crippen LogP contribution in [0.1, 0.15) is 25.7 Å². The molecule has 0 radical (unpaired) electrons. The molecule has 2 aromatic heterocycles. The Morgan fingerprint density at radius 1 is 1.42 bits per heavy atom. The average Bonchev–Trinajstić information content (AvgIpc) is 3.07. The number of anilines is 1. The van der Waals surface area contributed by atoms with Crippen LogP contribution in [0.3, 0.4) is 0 Å². The maximum absolute atomic E-state index is 11.5. The van der Waals surface area contributed by atoms with Crippen molar-refractivity contribution in [3.05, 3.63) is 24.6 Å². The Morgan fingerprint density at radius 3 is 3.16 bits per heavy atom. The number of carbonyl (C=O) groups is 1. The first kappa shape index (κ1) is 12.0. The van der Waals surface area contributed by atoms with Gasteiger partial charge in [0.1, 0.15) is 11.4 Å². The third-order valence-corrected chi connectivity index (χ3v) is 3.20. The summed E-state index contributed by atoms with van der Waals surface area (Å²) in [5, 5.41) is 7.20. The third-order valence-electron chi connectivity index (χ3n) is 3.20. The lowest BCUT2D eigenvalue weighted by atomic mass is 10.2. The van der Waals surface area contributed by atoms with Crippen LogP contribution in [-0.4, -0.2) is 23.5 Å². The van der Waals surface area contributed by atoms with E-state index in [9.17, 15) is 4.79 Å². The van der Waals surface area contributed by atoms with Crippen molar-refractivity contribution >= 4 is 22.7 Å². The molecule has 3 rings (SSSR count). The highest BCUT2D eigenvalue weighted by molar-refractivity contribution is 5.87. The van der Waals surface area contributed by atoms with Crippen LogP contribution in [0.15, 0.2) is 29.0 Å². The highest BCUT2D eigenvalue weighted by Gasteiger charge is 2.22. The third kappa shape index (κ3) is 3.05. The molecule has 0 saturated heterocycles. The van der Waals surface area contributed by atoms with E-state index < -0.39 is 0 Å². The van der Waals surface area contributed by atoms with Gasteiger partial charge in [0, 0.05) is 25.2 Å². The molecule has 0 aliphatic heterocycles. The lowest BCUT2D eigenvalue weighted by molar-refractivity contribution is -0.121. The molecule has 2 aromatic rings. The number of aromatic nitrogens is 1. The summed E-state index contributed by atoms with van der Waals surface area (Å²) in [5.74, 6) is 0.965. The van der Waals surface area contributed by atoms with E-state index in [1.807, 2.05) is 12.1 Å². The maximum Gasteiger partial charge on any atom is 0.220 e. The van der Waals surface area contributed by atoms with Gasteiger partial charge in [-0.3, -0.25) is 4.79 Å². The highest BCUT2D eigenvalue weighted by Crippen LogP contribution is 2.21. The number of rotatable bonds is 6. The molecule has 0 spiro atoms. The van der Waals surface area contributed by atoms with Gasteiger partial charge in [0.2, 0.25) is 5.91 Å². The summed E-state index contributed by atoms with van der Waals surface area (Å²) in [4.78, 5) is 15.8. The number of amides is 1. The van der Waals surface area contributed by atoms with E-state index in [1.165, 1.54) is 0 Å². The van der Waals surface area contributed by atoms with Crippen molar-refractivity contribution < 1.29 is 9.21 Å². The van der Waals surface area contributed by atoms with Gasteiger partial charge in [-0.25, -0.2) is 4.98 Å². The van der Waals surface area contributed by atoms with Gasteiger partial charge < -0.3 is 15.1 Å². The predicted molar refractivity (Wildman–Crippen MR) is 72.9 cm³/mol. The Kier molecular flexibility index (Phi) is 3.35. The molecule has 1 aliphatic carbocycles. The lowest BCUT2D eigenvalue weighted by Gasteiger charge is -2.06. The second-order valence-electron chi connectivity index (χ2n) is 4.86. The van der Waals surface area contributed by atoms with Gasteiger partial charge in [-0.2, -0.15) is 0 Å². The van der Waals surface area contributed by atoms with Gasteiger partial charge in [-0.1, -0.05) is 0 Å². The summed E-state index contributed by atoms with van der Waals surface area (Å²) in [6.45, 7) is 0.732. The van der Waals surface area contributed by atoms with Crippen molar-refractivity contribution in [3.8, 4) is 0 Å². The summed E-state index contributed by atoms with van der Waals surface area (Å²) in [7, 11) is 0. The molecular weight excluding hydrogens is 242 g/mol. The van der Waals surface area contributed by atoms with Crippen molar-refractivity contribution in [1.29, 1.82) is 0 Å². The molecule has 2 N–H and O–H groups in total. The van der Waals surface area contributed by atoms with E-state index >= 15 is 0 Å². The fourth-order valence-electron chi connectivity index (χ4n) is 2.02. The average molecular weight is 259 g/mol. The smallest absolute Gasteiger partial charge is 0.220 e. The second-order valence-corrected chi connectivity index (χ2v) is 4.86. The van der Waals surface area contributed by atoms with E-state index in [0.29, 0.717) is 12.5 Å². The largest absolute Gasteiger partial charge is 0.464 e. The second kappa shape index (κ2) is 5.30. The number of furan rings is 1. The number of pyridine rings is 1. The van der Waals surface area contributed by atoms with Crippen LogP contribution in [0.5, 0.6) is 0 Å². The van der Waals surface area contributed by atoms with Crippen LogP contribution in [-0.2, 0) is 4.79 Å². The van der Waals surface area contributed by atoms with Gasteiger partial charge in [-0.05, 0) is 31.4 Å². The molecule has 0 aromatic carbocycles. The van der Waals surface area contributed by atoms with Crippen molar-refractivity contribution in [3.63, 3.8) is 0 Å². The zero-order valence-corrected chi connectivity index (χ0v) is 10.7. The Labute approximate surface area is 111 Å². The van der Waals surface area contributed by atoms with Gasteiger partial charge >= 0.3 is 0 Å². The Hall–Kier alpha value is -2.04. The normalized spacial score (nSPS) is 14.5. The van der Waals surface area contributed by atoms with Crippen LogP contribution in [0, 0.1) is 0 Å². The molecule has 0 unspecified atom stereocenters. The summed E-state index contributed by atoms with van der Waals surface area (Å²) in [5.41, 5.74) is 0.823. The number of fused-ring (bicyclic) bond motifs is 1.